The summed E-state index contributed by atoms with van der Waals surface area (Å²) in [6.45, 7) is 8.08. The Kier molecular flexibility index (Phi) is 5.71. The monoisotopic (exact) mass is 314 g/mol. The molecule has 0 N–H and O–H groups in total. The lowest BCUT2D eigenvalue weighted by Crippen LogP contribution is -2.54. The van der Waals surface area contributed by atoms with E-state index in [1.807, 2.05) is 30.3 Å². The third kappa shape index (κ3) is 3.68. The van der Waals surface area contributed by atoms with Gasteiger partial charge >= 0.3 is 0 Å². The summed E-state index contributed by atoms with van der Waals surface area (Å²) in [6.07, 6.45) is 2.59. The highest BCUT2D eigenvalue weighted by Gasteiger charge is 2.41. The Bertz CT molecular complexity index is 575. The van der Waals surface area contributed by atoms with E-state index in [0.717, 1.165) is 5.56 Å². The van der Waals surface area contributed by atoms with Crippen molar-refractivity contribution < 1.29 is 14.3 Å². The van der Waals surface area contributed by atoms with Crippen LogP contribution < -0.4 is 0 Å². The van der Waals surface area contributed by atoms with Gasteiger partial charge < -0.3 is 14.5 Å². The molecule has 0 radical (unpaired) electrons. The average molecular weight is 314 g/mol. The minimum atomic E-state index is -0.736. The Balaban J connectivity index is 2.33. The zero-order chi connectivity index (χ0) is 16.8. The third-order valence-corrected chi connectivity index (χ3v) is 3.88. The Morgan fingerprint density at radius 1 is 1.30 bits per heavy atom. The predicted octanol–water partition coefficient (Wildman–Crippen LogP) is 1.79. The number of hydrogen-bond donors (Lipinski definition) is 0. The van der Waals surface area contributed by atoms with Gasteiger partial charge in [0.25, 0.3) is 5.91 Å². The van der Waals surface area contributed by atoms with Crippen molar-refractivity contribution in [2.45, 2.75) is 12.1 Å². The van der Waals surface area contributed by atoms with Gasteiger partial charge in [-0.05, 0) is 5.56 Å². The Morgan fingerprint density at radius 3 is 2.48 bits per heavy atom. The number of rotatable bonds is 6. The molecule has 1 aliphatic rings. The van der Waals surface area contributed by atoms with Gasteiger partial charge in [-0.1, -0.05) is 42.5 Å². The molecule has 0 saturated carbocycles. The van der Waals surface area contributed by atoms with Crippen molar-refractivity contribution in [1.29, 1.82) is 0 Å². The number of amides is 2. The quantitative estimate of drug-likeness (QED) is 0.752. The van der Waals surface area contributed by atoms with Crippen LogP contribution in [0.2, 0.25) is 0 Å². The molecule has 0 aliphatic carbocycles. The zero-order valence-electron chi connectivity index (χ0n) is 13.4. The fraction of sp³-hybridized carbons (Fsp3) is 0.333. The molecule has 1 saturated heterocycles. The van der Waals surface area contributed by atoms with E-state index >= 15 is 0 Å². The van der Waals surface area contributed by atoms with Crippen molar-refractivity contribution in [2.24, 2.45) is 0 Å². The van der Waals surface area contributed by atoms with Crippen LogP contribution in [-0.2, 0) is 14.3 Å². The van der Waals surface area contributed by atoms with Crippen LogP contribution in [0, 0.1) is 0 Å². The second kappa shape index (κ2) is 7.74. The molecular formula is C18H22N2O3. The van der Waals surface area contributed by atoms with E-state index in [0.29, 0.717) is 13.1 Å². The number of hydrogen-bond acceptors (Lipinski definition) is 3. The SMILES string of the molecule is C=CCN(CC=C)C(=O)C1OCC(=O)N(C)C1c1ccccc1. The van der Waals surface area contributed by atoms with Crippen molar-refractivity contribution in [3.63, 3.8) is 0 Å². The number of benzene rings is 1. The first kappa shape index (κ1) is 17.0. The van der Waals surface area contributed by atoms with Crippen LogP contribution in [0.25, 0.3) is 0 Å². The number of ether oxygens (including phenoxy) is 1. The first-order valence-corrected chi connectivity index (χ1v) is 7.53. The topological polar surface area (TPSA) is 49.9 Å². The molecule has 1 heterocycles. The van der Waals surface area contributed by atoms with E-state index in [9.17, 15) is 9.59 Å². The van der Waals surface area contributed by atoms with Gasteiger partial charge in [0.15, 0.2) is 6.10 Å². The molecule has 1 fully saturated rings. The molecule has 1 aromatic carbocycles. The highest BCUT2D eigenvalue weighted by Crippen LogP contribution is 2.30. The Hall–Kier alpha value is -2.40. The normalized spacial score (nSPS) is 20.9. The lowest BCUT2D eigenvalue weighted by molar-refractivity contribution is -0.166. The highest BCUT2D eigenvalue weighted by molar-refractivity contribution is 5.86. The molecule has 1 aromatic rings. The fourth-order valence-corrected chi connectivity index (χ4v) is 2.71. The maximum atomic E-state index is 12.9. The van der Waals surface area contributed by atoms with Crippen LogP contribution in [0.3, 0.4) is 0 Å². The molecule has 2 unspecified atom stereocenters. The van der Waals surface area contributed by atoms with E-state index in [-0.39, 0.29) is 18.4 Å². The summed E-state index contributed by atoms with van der Waals surface area (Å²) >= 11 is 0. The van der Waals surface area contributed by atoms with Crippen molar-refractivity contribution in [3.8, 4) is 0 Å². The molecule has 2 rings (SSSR count). The molecule has 0 spiro atoms. The molecule has 122 valence electrons. The van der Waals surface area contributed by atoms with Gasteiger partial charge in [-0.3, -0.25) is 9.59 Å². The van der Waals surface area contributed by atoms with Gasteiger partial charge in [0.2, 0.25) is 5.91 Å². The standard InChI is InChI=1S/C18H22N2O3/c1-4-11-20(12-5-2)18(22)17-16(14-9-7-6-8-10-14)19(3)15(21)13-23-17/h4-10,16-17H,1-2,11-13H2,3H3. The number of nitrogens with zero attached hydrogens (tertiary/aromatic N) is 2. The van der Waals surface area contributed by atoms with Gasteiger partial charge in [-0.2, -0.15) is 0 Å². The van der Waals surface area contributed by atoms with E-state index in [4.69, 9.17) is 4.74 Å². The first-order chi connectivity index (χ1) is 11.1. The summed E-state index contributed by atoms with van der Waals surface area (Å²) in [7, 11) is 1.70. The predicted molar refractivity (Wildman–Crippen MR) is 88.7 cm³/mol. The number of carbonyl (C=O) groups excluding carboxylic acids is 2. The summed E-state index contributed by atoms with van der Waals surface area (Å²) in [5, 5.41) is 0. The molecule has 5 heteroatoms. The summed E-state index contributed by atoms with van der Waals surface area (Å²) in [5.41, 5.74) is 0.874. The van der Waals surface area contributed by atoms with Gasteiger partial charge in [-0.15, -0.1) is 13.2 Å². The number of likely N-dealkylation sites (N-methyl/N-ethyl adjacent to an activating group) is 1. The molecule has 23 heavy (non-hydrogen) atoms. The van der Waals surface area contributed by atoms with Crippen LogP contribution in [0.4, 0.5) is 0 Å². The van der Waals surface area contributed by atoms with Crippen LogP contribution in [0.5, 0.6) is 0 Å². The third-order valence-electron chi connectivity index (χ3n) is 3.88. The lowest BCUT2D eigenvalue weighted by Gasteiger charge is -2.40. The van der Waals surface area contributed by atoms with E-state index < -0.39 is 12.1 Å². The maximum Gasteiger partial charge on any atom is 0.254 e. The van der Waals surface area contributed by atoms with Gasteiger partial charge in [-0.25, -0.2) is 0 Å². The van der Waals surface area contributed by atoms with Crippen LogP contribution in [0.1, 0.15) is 11.6 Å². The maximum absolute atomic E-state index is 12.9. The fourth-order valence-electron chi connectivity index (χ4n) is 2.71. The zero-order valence-corrected chi connectivity index (χ0v) is 13.4. The molecular weight excluding hydrogens is 292 g/mol. The van der Waals surface area contributed by atoms with E-state index in [1.54, 1.807) is 29.0 Å². The summed E-state index contributed by atoms with van der Waals surface area (Å²) in [4.78, 5) is 28.1. The first-order valence-electron chi connectivity index (χ1n) is 7.53. The molecule has 2 amide bonds. The Morgan fingerprint density at radius 2 is 1.91 bits per heavy atom. The molecule has 5 nitrogen and oxygen atoms in total. The molecule has 0 aromatic heterocycles. The minimum absolute atomic E-state index is 0.0910. The lowest BCUT2D eigenvalue weighted by atomic mass is 9.97. The summed E-state index contributed by atoms with van der Waals surface area (Å²) < 4.78 is 5.61. The minimum Gasteiger partial charge on any atom is -0.356 e. The van der Waals surface area contributed by atoms with E-state index in [1.165, 1.54) is 0 Å². The van der Waals surface area contributed by atoms with Crippen LogP contribution in [-0.4, -0.2) is 54.5 Å². The van der Waals surface area contributed by atoms with Crippen molar-refractivity contribution >= 4 is 11.8 Å². The van der Waals surface area contributed by atoms with Crippen LogP contribution in [0.15, 0.2) is 55.6 Å². The number of morpholine rings is 1. The van der Waals surface area contributed by atoms with Crippen molar-refractivity contribution in [3.05, 3.63) is 61.2 Å². The summed E-state index contributed by atoms with van der Waals surface area (Å²) in [5.74, 6) is -0.306. The van der Waals surface area contributed by atoms with Crippen LogP contribution >= 0.6 is 0 Å². The van der Waals surface area contributed by atoms with Gasteiger partial charge in [0, 0.05) is 20.1 Å². The Labute approximate surface area is 136 Å². The van der Waals surface area contributed by atoms with Gasteiger partial charge in [0.05, 0.1) is 6.04 Å². The van der Waals surface area contributed by atoms with E-state index in [2.05, 4.69) is 13.2 Å². The van der Waals surface area contributed by atoms with Crippen molar-refractivity contribution in [2.75, 3.05) is 26.7 Å². The summed E-state index contributed by atoms with van der Waals surface area (Å²) in [6, 6.07) is 9.02. The molecule has 0 bridgehead atoms. The largest absolute Gasteiger partial charge is 0.356 e. The highest BCUT2D eigenvalue weighted by atomic mass is 16.5. The molecule has 1 aliphatic heterocycles. The second-order valence-corrected chi connectivity index (χ2v) is 5.41. The number of carbonyl (C=O) groups is 2. The smallest absolute Gasteiger partial charge is 0.254 e. The second-order valence-electron chi connectivity index (χ2n) is 5.41. The van der Waals surface area contributed by atoms with Crippen molar-refractivity contribution in [1.82, 2.24) is 9.80 Å². The average Bonchev–Trinajstić information content (AvgIpc) is 2.57. The molecule has 2 atom stereocenters. The van der Waals surface area contributed by atoms with Gasteiger partial charge in [0.1, 0.15) is 6.61 Å².